The van der Waals surface area contributed by atoms with E-state index in [0.717, 1.165) is 0 Å². The molecule has 0 aliphatic heterocycles. The summed E-state index contributed by atoms with van der Waals surface area (Å²) >= 11 is 0. The second-order valence-corrected chi connectivity index (χ2v) is 7.33. The van der Waals surface area contributed by atoms with Gasteiger partial charge in [-0.1, -0.05) is 0 Å². The molecule has 0 fully saturated rings. The van der Waals surface area contributed by atoms with Crippen LogP contribution in [-0.2, 0) is 46.5 Å². The van der Waals surface area contributed by atoms with E-state index in [9.17, 15) is 36.6 Å². The van der Waals surface area contributed by atoms with E-state index in [4.69, 9.17) is 0 Å². The number of aromatic nitrogens is 8. The number of alkyl halides is 6. The maximum absolute atomic E-state index is 12.8. The molecule has 4 aromatic heterocycles. The molecule has 35 heavy (non-hydrogen) atoms. The van der Waals surface area contributed by atoms with Gasteiger partial charge in [0.15, 0.2) is 23.0 Å². The fraction of sp³-hybridized carbons (Fsp3) is 0.333. The van der Waals surface area contributed by atoms with Crippen molar-refractivity contribution in [2.75, 3.05) is 0 Å². The van der Waals surface area contributed by atoms with Gasteiger partial charge in [-0.25, -0.2) is 0 Å². The van der Waals surface area contributed by atoms with Gasteiger partial charge in [0.1, 0.15) is 0 Å². The van der Waals surface area contributed by atoms with Crippen LogP contribution in [0.3, 0.4) is 0 Å². The van der Waals surface area contributed by atoms with E-state index >= 15 is 0 Å². The molecule has 0 aliphatic carbocycles. The van der Waals surface area contributed by atoms with E-state index < -0.39 is 35.5 Å². The average molecular weight is 685 g/mol. The third-order valence-electron chi connectivity index (χ3n) is 4.86. The van der Waals surface area contributed by atoms with Crippen LogP contribution in [0.2, 0.25) is 0 Å². The SMILES string of the molecule is Cc1cc(-n2nc(C(F)(F)F)cc2O)nn1CCn1nc(-n2nc(C(F)(F)F)cc2O)cc1C.[Pt]. The van der Waals surface area contributed by atoms with Crippen molar-refractivity contribution in [3.05, 3.63) is 47.0 Å². The first kappa shape index (κ1) is 26.3. The zero-order valence-electron chi connectivity index (χ0n) is 17.8. The van der Waals surface area contributed by atoms with Crippen LogP contribution >= 0.6 is 0 Å². The summed E-state index contributed by atoms with van der Waals surface area (Å²) in [6.45, 7) is 3.65. The van der Waals surface area contributed by atoms with Crippen LogP contribution in [0.4, 0.5) is 26.3 Å². The van der Waals surface area contributed by atoms with Crippen molar-refractivity contribution in [3.8, 4) is 23.4 Å². The van der Waals surface area contributed by atoms with Crippen LogP contribution < -0.4 is 0 Å². The fourth-order valence-corrected chi connectivity index (χ4v) is 3.19. The molecule has 0 bridgehead atoms. The molecule has 0 spiro atoms. The summed E-state index contributed by atoms with van der Waals surface area (Å²) in [5.74, 6) is -1.54. The first-order valence-electron chi connectivity index (χ1n) is 9.56. The third kappa shape index (κ3) is 5.21. The van der Waals surface area contributed by atoms with Crippen LogP contribution in [0.5, 0.6) is 11.8 Å². The van der Waals surface area contributed by atoms with Crippen molar-refractivity contribution in [2.24, 2.45) is 0 Å². The summed E-state index contributed by atoms with van der Waals surface area (Å²) in [5.41, 5.74) is -1.45. The molecule has 0 unspecified atom stereocenters. The monoisotopic (exact) mass is 685 g/mol. The summed E-state index contributed by atoms with van der Waals surface area (Å²) in [6.07, 6.45) is -9.47. The second kappa shape index (κ2) is 9.06. The molecule has 0 saturated carbocycles. The van der Waals surface area contributed by atoms with E-state index in [1.54, 1.807) is 13.8 Å². The number of hydrogen-bond acceptors (Lipinski definition) is 6. The number of hydrogen-bond donors (Lipinski definition) is 2. The van der Waals surface area contributed by atoms with Gasteiger partial charge >= 0.3 is 12.4 Å². The van der Waals surface area contributed by atoms with E-state index in [0.29, 0.717) is 32.9 Å². The Bertz CT molecular complexity index is 1250. The average Bonchev–Trinajstić information content (AvgIpc) is 3.45. The van der Waals surface area contributed by atoms with Gasteiger partial charge in [-0.05, 0) is 13.8 Å². The van der Waals surface area contributed by atoms with Crippen LogP contribution in [0, 0.1) is 13.8 Å². The Balaban J connectivity index is 0.00000342. The molecule has 0 saturated heterocycles. The molecule has 10 nitrogen and oxygen atoms in total. The van der Waals surface area contributed by atoms with E-state index in [1.165, 1.54) is 21.5 Å². The van der Waals surface area contributed by atoms with Gasteiger partial charge < -0.3 is 10.2 Å². The van der Waals surface area contributed by atoms with Crippen molar-refractivity contribution in [3.63, 3.8) is 0 Å². The van der Waals surface area contributed by atoms with Gasteiger partial charge in [-0.2, -0.15) is 56.1 Å². The number of nitrogens with zero attached hydrogens (tertiary/aromatic N) is 8. The van der Waals surface area contributed by atoms with E-state index in [-0.39, 0.29) is 45.8 Å². The number of halogens is 6. The Labute approximate surface area is 206 Å². The Morgan fingerprint density at radius 1 is 0.657 bits per heavy atom. The summed E-state index contributed by atoms with van der Waals surface area (Å²) in [6, 6.07) is 3.82. The van der Waals surface area contributed by atoms with Crippen molar-refractivity contribution in [2.45, 2.75) is 39.3 Å². The van der Waals surface area contributed by atoms with Gasteiger partial charge in [-0.3, -0.25) is 9.36 Å². The summed E-state index contributed by atoms with van der Waals surface area (Å²) in [7, 11) is 0. The fourth-order valence-electron chi connectivity index (χ4n) is 3.19. The van der Waals surface area contributed by atoms with Crippen LogP contribution in [0.25, 0.3) is 11.6 Å². The molecule has 4 rings (SSSR count). The van der Waals surface area contributed by atoms with Crippen LogP contribution in [0.15, 0.2) is 24.3 Å². The minimum absolute atomic E-state index is 0. The van der Waals surface area contributed by atoms with Crippen LogP contribution in [-0.4, -0.2) is 49.3 Å². The zero-order chi connectivity index (χ0) is 25.0. The normalized spacial score (nSPS) is 12.2. The summed E-state index contributed by atoms with van der Waals surface area (Å²) in [4.78, 5) is 0. The standard InChI is InChI=1S/C18H16F6N8O2.Pt/c1-9-5-13(31-15(33)7-11(25-31)17(19,20)21)27-29(9)3-4-30-10(2)6-14(28-30)32-16(34)8-12(26-32)18(22,23)24;/h5-8,33-34H,3-4H2,1-2H3;. The second-order valence-electron chi connectivity index (χ2n) is 7.33. The molecule has 192 valence electrons. The summed E-state index contributed by atoms with van der Waals surface area (Å²) < 4.78 is 81.2. The predicted octanol–water partition coefficient (Wildman–Crippen LogP) is 3.21. The number of rotatable bonds is 5. The molecule has 4 heterocycles. The first-order chi connectivity index (χ1) is 15.7. The van der Waals surface area contributed by atoms with Crippen molar-refractivity contribution < 1.29 is 57.6 Å². The molecular weight excluding hydrogens is 669 g/mol. The number of aromatic hydroxyl groups is 2. The van der Waals surface area contributed by atoms with Crippen molar-refractivity contribution in [1.29, 1.82) is 0 Å². The third-order valence-corrected chi connectivity index (χ3v) is 4.86. The molecule has 0 aliphatic rings. The molecule has 0 radical (unpaired) electrons. The Kier molecular flexibility index (Phi) is 6.81. The molecule has 4 aromatic rings. The first-order valence-corrected chi connectivity index (χ1v) is 9.56. The van der Waals surface area contributed by atoms with Crippen LogP contribution in [0.1, 0.15) is 22.8 Å². The molecule has 0 atom stereocenters. The molecule has 0 amide bonds. The summed E-state index contributed by atoms with van der Waals surface area (Å²) in [5, 5.41) is 34.6. The Morgan fingerprint density at radius 2 is 1.00 bits per heavy atom. The Hall–Kier alpha value is -3.29. The van der Waals surface area contributed by atoms with Gasteiger partial charge in [0.05, 0.1) is 13.1 Å². The topological polar surface area (TPSA) is 112 Å². The van der Waals surface area contributed by atoms with Gasteiger partial charge in [0, 0.05) is 56.7 Å². The predicted molar refractivity (Wildman–Crippen MR) is 102 cm³/mol. The quantitative estimate of drug-likeness (QED) is 0.313. The van der Waals surface area contributed by atoms with Crippen molar-refractivity contribution in [1.82, 2.24) is 39.1 Å². The van der Waals surface area contributed by atoms with Gasteiger partial charge in [0.25, 0.3) is 0 Å². The van der Waals surface area contributed by atoms with E-state index in [2.05, 4.69) is 20.4 Å². The van der Waals surface area contributed by atoms with Gasteiger partial charge in [0.2, 0.25) is 11.8 Å². The molecular formula is C18H16F6N8O2Pt. The van der Waals surface area contributed by atoms with E-state index in [1.807, 2.05) is 0 Å². The smallest absolute Gasteiger partial charge is 0.435 e. The maximum atomic E-state index is 12.8. The van der Waals surface area contributed by atoms with Crippen molar-refractivity contribution >= 4 is 0 Å². The number of aryl methyl sites for hydroxylation is 4. The molecule has 17 heteroatoms. The Morgan fingerprint density at radius 3 is 1.29 bits per heavy atom. The zero-order valence-corrected chi connectivity index (χ0v) is 20.1. The minimum atomic E-state index is -4.74. The molecule has 2 N–H and O–H groups in total. The largest absolute Gasteiger partial charge is 0.493 e. The maximum Gasteiger partial charge on any atom is 0.435 e. The minimum Gasteiger partial charge on any atom is -0.493 e. The van der Waals surface area contributed by atoms with Gasteiger partial charge in [-0.15, -0.1) is 0 Å². The molecule has 0 aromatic carbocycles.